The molecule has 0 spiro atoms. The van der Waals surface area contributed by atoms with Gasteiger partial charge in [0, 0.05) is 26.2 Å². The maximum absolute atomic E-state index is 12.5. The normalized spacial score (nSPS) is 18.9. The van der Waals surface area contributed by atoms with E-state index in [2.05, 4.69) is 11.8 Å². The van der Waals surface area contributed by atoms with Crippen molar-refractivity contribution in [3.63, 3.8) is 0 Å². The molecule has 3 rings (SSSR count). The number of carbonyl (C=O) groups is 2. The first-order valence-electron chi connectivity index (χ1n) is 7.71. The molecule has 0 N–H and O–H groups in total. The van der Waals surface area contributed by atoms with Gasteiger partial charge in [-0.3, -0.25) is 14.5 Å². The van der Waals surface area contributed by atoms with Crippen LogP contribution < -0.4 is 9.64 Å². The number of nitrogens with zero attached hydrogens (tertiary/aromatic N) is 3. The molecule has 0 radical (unpaired) electrons. The van der Waals surface area contributed by atoms with Gasteiger partial charge in [0.25, 0.3) is 5.91 Å². The Hall–Kier alpha value is -2.08. The van der Waals surface area contributed by atoms with E-state index in [4.69, 9.17) is 4.74 Å². The average Bonchev–Trinajstić information content (AvgIpc) is 2.57. The van der Waals surface area contributed by atoms with Crippen molar-refractivity contribution in [2.45, 2.75) is 6.92 Å². The molecule has 118 valence electrons. The molecular weight excluding hydrogens is 282 g/mol. The lowest BCUT2D eigenvalue weighted by Gasteiger charge is -2.36. The highest BCUT2D eigenvalue weighted by molar-refractivity contribution is 6.02. The summed E-state index contributed by atoms with van der Waals surface area (Å²) < 4.78 is 5.40. The van der Waals surface area contributed by atoms with Crippen LogP contribution in [0.1, 0.15) is 6.92 Å². The third-order valence-electron chi connectivity index (χ3n) is 4.27. The van der Waals surface area contributed by atoms with Gasteiger partial charge >= 0.3 is 0 Å². The average molecular weight is 303 g/mol. The molecule has 1 aromatic rings. The zero-order chi connectivity index (χ0) is 15.5. The smallest absolute Gasteiger partial charge is 0.265 e. The number of ether oxygens (including phenoxy) is 1. The number of para-hydroxylation sites is 2. The minimum absolute atomic E-state index is 0.000746. The molecule has 0 atom stereocenters. The third kappa shape index (κ3) is 2.92. The maximum Gasteiger partial charge on any atom is 0.265 e. The summed E-state index contributed by atoms with van der Waals surface area (Å²) in [6, 6.07) is 7.34. The summed E-state index contributed by atoms with van der Waals surface area (Å²) in [6.07, 6.45) is 0. The first-order valence-corrected chi connectivity index (χ1v) is 7.71. The molecule has 0 aliphatic carbocycles. The number of amides is 2. The number of fused-ring (bicyclic) bond motifs is 1. The Labute approximate surface area is 130 Å². The summed E-state index contributed by atoms with van der Waals surface area (Å²) in [4.78, 5) is 30.3. The molecule has 0 aromatic heterocycles. The van der Waals surface area contributed by atoms with E-state index in [1.807, 2.05) is 29.2 Å². The van der Waals surface area contributed by atoms with E-state index in [-0.39, 0.29) is 25.0 Å². The lowest BCUT2D eigenvalue weighted by Crippen LogP contribution is -2.52. The van der Waals surface area contributed by atoms with Crippen LogP contribution in [0.3, 0.4) is 0 Å². The van der Waals surface area contributed by atoms with Gasteiger partial charge in [-0.2, -0.15) is 0 Å². The van der Waals surface area contributed by atoms with Crippen molar-refractivity contribution in [2.24, 2.45) is 0 Å². The fourth-order valence-corrected chi connectivity index (χ4v) is 2.88. The van der Waals surface area contributed by atoms with Crippen LogP contribution in [0.15, 0.2) is 24.3 Å². The van der Waals surface area contributed by atoms with Gasteiger partial charge in [-0.1, -0.05) is 19.1 Å². The molecule has 1 fully saturated rings. The van der Waals surface area contributed by atoms with Gasteiger partial charge in [0.2, 0.25) is 5.91 Å². The Morgan fingerprint density at radius 2 is 1.91 bits per heavy atom. The maximum atomic E-state index is 12.5. The minimum atomic E-state index is -0.167. The number of likely N-dealkylation sites (N-methyl/N-ethyl adjacent to an activating group) is 1. The second-order valence-electron chi connectivity index (χ2n) is 5.55. The van der Waals surface area contributed by atoms with Crippen LogP contribution in [0.25, 0.3) is 0 Å². The second kappa shape index (κ2) is 6.36. The number of piperazine rings is 1. The van der Waals surface area contributed by atoms with Gasteiger partial charge in [-0.05, 0) is 18.7 Å². The van der Waals surface area contributed by atoms with Gasteiger partial charge in [-0.25, -0.2) is 0 Å². The molecule has 2 aliphatic heterocycles. The van der Waals surface area contributed by atoms with E-state index >= 15 is 0 Å². The van der Waals surface area contributed by atoms with Crippen LogP contribution in [0.2, 0.25) is 0 Å². The summed E-state index contributed by atoms with van der Waals surface area (Å²) >= 11 is 0. The van der Waals surface area contributed by atoms with Crippen molar-refractivity contribution in [1.29, 1.82) is 0 Å². The van der Waals surface area contributed by atoms with Crippen LogP contribution in [0.5, 0.6) is 5.75 Å². The van der Waals surface area contributed by atoms with E-state index in [0.717, 1.165) is 32.7 Å². The number of carbonyl (C=O) groups excluding carboxylic acids is 2. The molecule has 0 saturated carbocycles. The predicted octanol–water partition coefficient (Wildman–Crippen LogP) is 0.576. The van der Waals surface area contributed by atoms with Gasteiger partial charge < -0.3 is 14.5 Å². The second-order valence-corrected chi connectivity index (χ2v) is 5.55. The quantitative estimate of drug-likeness (QED) is 0.819. The van der Waals surface area contributed by atoms with Crippen molar-refractivity contribution in [3.05, 3.63) is 24.3 Å². The zero-order valence-electron chi connectivity index (χ0n) is 12.8. The number of rotatable bonds is 3. The fraction of sp³-hybridized carbons (Fsp3) is 0.500. The molecule has 6 heteroatoms. The van der Waals surface area contributed by atoms with E-state index in [1.165, 1.54) is 4.90 Å². The van der Waals surface area contributed by atoms with Gasteiger partial charge in [-0.15, -0.1) is 0 Å². The Morgan fingerprint density at radius 3 is 2.64 bits per heavy atom. The largest absolute Gasteiger partial charge is 0.482 e. The Balaban J connectivity index is 1.68. The summed E-state index contributed by atoms with van der Waals surface area (Å²) in [6.45, 7) is 6.48. The SMILES string of the molecule is CCN1CCN(C(=O)CN2C(=O)COc3ccccc32)CC1. The Kier molecular flexibility index (Phi) is 4.29. The molecule has 2 heterocycles. The summed E-state index contributed by atoms with van der Waals surface area (Å²) in [5.41, 5.74) is 0.680. The highest BCUT2D eigenvalue weighted by Crippen LogP contribution is 2.31. The monoisotopic (exact) mass is 303 g/mol. The summed E-state index contributed by atoms with van der Waals surface area (Å²) in [5, 5.41) is 0. The fourth-order valence-electron chi connectivity index (χ4n) is 2.88. The number of anilines is 1. The van der Waals surface area contributed by atoms with Gasteiger partial charge in [0.1, 0.15) is 12.3 Å². The number of hydrogen-bond acceptors (Lipinski definition) is 4. The number of benzene rings is 1. The van der Waals surface area contributed by atoms with E-state index in [0.29, 0.717) is 11.4 Å². The van der Waals surface area contributed by atoms with E-state index in [1.54, 1.807) is 0 Å². The van der Waals surface area contributed by atoms with Crippen LogP contribution in [0, 0.1) is 0 Å². The molecule has 22 heavy (non-hydrogen) atoms. The standard InChI is InChI=1S/C16H21N3O3/c1-2-17-7-9-18(10-8-17)15(20)11-19-13-5-3-4-6-14(13)22-12-16(19)21/h3-6H,2,7-12H2,1H3. The summed E-state index contributed by atoms with van der Waals surface area (Å²) in [7, 11) is 0. The van der Waals surface area contributed by atoms with Crippen molar-refractivity contribution >= 4 is 17.5 Å². The van der Waals surface area contributed by atoms with Gasteiger partial charge in [0.15, 0.2) is 6.61 Å². The van der Waals surface area contributed by atoms with E-state index < -0.39 is 0 Å². The lowest BCUT2D eigenvalue weighted by atomic mass is 10.2. The zero-order valence-corrected chi connectivity index (χ0v) is 12.8. The van der Waals surface area contributed by atoms with Crippen molar-refractivity contribution in [1.82, 2.24) is 9.80 Å². The first-order chi connectivity index (χ1) is 10.7. The van der Waals surface area contributed by atoms with Crippen molar-refractivity contribution in [3.8, 4) is 5.75 Å². The van der Waals surface area contributed by atoms with Crippen LogP contribution in [-0.2, 0) is 9.59 Å². The van der Waals surface area contributed by atoms with Crippen molar-refractivity contribution in [2.75, 3.05) is 50.8 Å². The lowest BCUT2D eigenvalue weighted by molar-refractivity contribution is -0.133. The summed E-state index contributed by atoms with van der Waals surface area (Å²) in [5.74, 6) is 0.491. The molecule has 1 saturated heterocycles. The molecular formula is C16H21N3O3. The molecule has 2 amide bonds. The van der Waals surface area contributed by atoms with Crippen LogP contribution >= 0.6 is 0 Å². The topological polar surface area (TPSA) is 53.1 Å². The van der Waals surface area contributed by atoms with Gasteiger partial charge in [0.05, 0.1) is 5.69 Å². The molecule has 1 aromatic carbocycles. The van der Waals surface area contributed by atoms with E-state index in [9.17, 15) is 9.59 Å². The minimum Gasteiger partial charge on any atom is -0.482 e. The van der Waals surface area contributed by atoms with Crippen molar-refractivity contribution < 1.29 is 14.3 Å². The number of hydrogen-bond donors (Lipinski definition) is 0. The first kappa shape index (κ1) is 14.8. The Bertz CT molecular complexity index is 568. The Morgan fingerprint density at radius 1 is 1.18 bits per heavy atom. The molecule has 0 unspecified atom stereocenters. The third-order valence-corrected chi connectivity index (χ3v) is 4.27. The molecule has 0 bridgehead atoms. The molecule has 2 aliphatic rings. The van der Waals surface area contributed by atoms with Crippen LogP contribution in [-0.4, -0.2) is 67.5 Å². The highest BCUT2D eigenvalue weighted by atomic mass is 16.5. The highest BCUT2D eigenvalue weighted by Gasteiger charge is 2.29. The predicted molar refractivity (Wildman–Crippen MR) is 83.0 cm³/mol. The van der Waals surface area contributed by atoms with Crippen LogP contribution in [0.4, 0.5) is 5.69 Å². The molecule has 6 nitrogen and oxygen atoms in total.